The van der Waals surface area contributed by atoms with Crippen LogP contribution in [0.2, 0.25) is 0 Å². The molecule has 1 fully saturated rings. The van der Waals surface area contributed by atoms with Crippen molar-refractivity contribution in [3.63, 3.8) is 0 Å². The molecule has 0 radical (unpaired) electrons. The molecule has 140 valence electrons. The second-order valence-corrected chi connectivity index (χ2v) is 7.58. The normalized spacial score (nSPS) is 17.5. The number of hydrogen-bond acceptors (Lipinski definition) is 3. The summed E-state index contributed by atoms with van der Waals surface area (Å²) in [7, 11) is 0. The zero-order valence-corrected chi connectivity index (χ0v) is 16.2. The molecule has 3 rings (SSSR count). The Bertz CT molecular complexity index is 752. The highest BCUT2D eigenvalue weighted by Crippen LogP contribution is 2.21. The molecule has 0 unspecified atom stereocenters. The molecule has 0 aliphatic carbocycles. The number of aryl methyl sites for hydroxylation is 4. The summed E-state index contributed by atoms with van der Waals surface area (Å²) in [5.41, 5.74) is 4.42. The number of hydrogen-bond donors (Lipinski definition) is 0. The van der Waals surface area contributed by atoms with Crippen LogP contribution in [0.3, 0.4) is 0 Å². The van der Waals surface area contributed by atoms with Gasteiger partial charge in [0.2, 0.25) is 5.91 Å². The van der Waals surface area contributed by atoms with Crippen molar-refractivity contribution in [1.82, 2.24) is 19.7 Å². The molecule has 5 heteroatoms. The van der Waals surface area contributed by atoms with E-state index < -0.39 is 0 Å². The maximum absolute atomic E-state index is 12.6. The van der Waals surface area contributed by atoms with Crippen LogP contribution in [-0.2, 0) is 17.8 Å². The highest BCUT2D eigenvalue weighted by Gasteiger charge is 2.23. The molecular formula is C21H30N4O. The van der Waals surface area contributed by atoms with Gasteiger partial charge in [0, 0.05) is 43.1 Å². The molecule has 1 amide bonds. The lowest BCUT2D eigenvalue weighted by Crippen LogP contribution is -2.40. The zero-order valence-electron chi connectivity index (χ0n) is 16.2. The van der Waals surface area contributed by atoms with Gasteiger partial charge in [0.05, 0.1) is 5.69 Å². The number of piperidine rings is 1. The number of aromatic nitrogens is 3. The summed E-state index contributed by atoms with van der Waals surface area (Å²) in [6.45, 7) is 8.69. The average molecular weight is 354 g/mol. The first-order valence-corrected chi connectivity index (χ1v) is 9.72. The Morgan fingerprint density at radius 2 is 2.08 bits per heavy atom. The van der Waals surface area contributed by atoms with Gasteiger partial charge in [-0.2, -0.15) is 5.10 Å². The molecule has 26 heavy (non-hydrogen) atoms. The monoisotopic (exact) mass is 354 g/mol. The van der Waals surface area contributed by atoms with Crippen LogP contribution in [-0.4, -0.2) is 38.7 Å². The van der Waals surface area contributed by atoms with Crippen LogP contribution >= 0.6 is 0 Å². The van der Waals surface area contributed by atoms with Crippen molar-refractivity contribution in [1.29, 1.82) is 0 Å². The van der Waals surface area contributed by atoms with E-state index in [0.29, 0.717) is 12.3 Å². The van der Waals surface area contributed by atoms with E-state index in [-0.39, 0.29) is 5.91 Å². The standard InChI is InChI=1S/C21H30N4O/c1-16-7-4-9-20(22-16)14-19-8-5-11-24(15-19)21(26)10-6-12-25-18(3)13-17(2)23-25/h4,7,9,13,19H,5-6,8,10-12,14-15H2,1-3H3/t19-/m0/s1. The molecule has 5 nitrogen and oxygen atoms in total. The summed E-state index contributed by atoms with van der Waals surface area (Å²) in [4.78, 5) is 19.3. The van der Waals surface area contributed by atoms with Crippen molar-refractivity contribution in [3.05, 3.63) is 47.0 Å². The molecular weight excluding hydrogens is 324 g/mol. The fraction of sp³-hybridized carbons (Fsp3) is 0.571. The summed E-state index contributed by atoms with van der Waals surface area (Å²) in [5.74, 6) is 0.812. The van der Waals surface area contributed by atoms with E-state index in [9.17, 15) is 4.79 Å². The highest BCUT2D eigenvalue weighted by molar-refractivity contribution is 5.76. The molecule has 0 bridgehead atoms. The van der Waals surface area contributed by atoms with Crippen LogP contribution in [0.25, 0.3) is 0 Å². The van der Waals surface area contributed by atoms with E-state index in [2.05, 4.69) is 40.1 Å². The lowest BCUT2D eigenvalue weighted by molar-refractivity contribution is -0.133. The minimum Gasteiger partial charge on any atom is -0.342 e. The van der Waals surface area contributed by atoms with Gasteiger partial charge in [-0.1, -0.05) is 6.07 Å². The quantitative estimate of drug-likeness (QED) is 0.798. The van der Waals surface area contributed by atoms with Crippen molar-refractivity contribution in [2.24, 2.45) is 5.92 Å². The van der Waals surface area contributed by atoms with E-state index in [0.717, 1.165) is 56.0 Å². The summed E-state index contributed by atoms with van der Waals surface area (Å²) < 4.78 is 2.00. The Kier molecular flexibility index (Phi) is 6.07. The molecule has 1 saturated heterocycles. The molecule has 2 aromatic rings. The van der Waals surface area contributed by atoms with Crippen LogP contribution in [0.4, 0.5) is 0 Å². The molecule has 0 spiro atoms. The maximum atomic E-state index is 12.6. The van der Waals surface area contributed by atoms with Crippen LogP contribution in [0, 0.1) is 26.7 Å². The first-order valence-electron chi connectivity index (χ1n) is 9.72. The van der Waals surface area contributed by atoms with Crippen molar-refractivity contribution in [2.75, 3.05) is 13.1 Å². The third-order valence-electron chi connectivity index (χ3n) is 5.18. The van der Waals surface area contributed by atoms with E-state index >= 15 is 0 Å². The van der Waals surface area contributed by atoms with E-state index in [1.165, 1.54) is 12.1 Å². The van der Waals surface area contributed by atoms with Gasteiger partial charge in [-0.05, 0) is 70.6 Å². The smallest absolute Gasteiger partial charge is 0.222 e. The van der Waals surface area contributed by atoms with Crippen molar-refractivity contribution < 1.29 is 4.79 Å². The maximum Gasteiger partial charge on any atom is 0.222 e. The number of amides is 1. The van der Waals surface area contributed by atoms with Crippen molar-refractivity contribution >= 4 is 5.91 Å². The largest absolute Gasteiger partial charge is 0.342 e. The molecule has 1 aliphatic rings. The van der Waals surface area contributed by atoms with Gasteiger partial charge < -0.3 is 4.90 Å². The van der Waals surface area contributed by atoms with Crippen molar-refractivity contribution in [3.8, 4) is 0 Å². The summed E-state index contributed by atoms with van der Waals surface area (Å²) in [6.07, 6.45) is 4.71. The summed E-state index contributed by atoms with van der Waals surface area (Å²) in [6, 6.07) is 8.28. The fourth-order valence-electron chi connectivity index (χ4n) is 3.91. The summed E-state index contributed by atoms with van der Waals surface area (Å²) in [5, 5.41) is 4.47. The molecule has 0 saturated carbocycles. The fourth-order valence-corrected chi connectivity index (χ4v) is 3.91. The van der Waals surface area contributed by atoms with Gasteiger partial charge in [-0.3, -0.25) is 14.5 Å². The van der Waals surface area contributed by atoms with Crippen LogP contribution in [0.15, 0.2) is 24.3 Å². The topological polar surface area (TPSA) is 51.0 Å². The van der Waals surface area contributed by atoms with Crippen LogP contribution in [0.5, 0.6) is 0 Å². The molecule has 2 aromatic heterocycles. The second-order valence-electron chi connectivity index (χ2n) is 7.58. The Labute approximate surface area is 156 Å². The number of carbonyl (C=O) groups excluding carboxylic acids is 1. The Morgan fingerprint density at radius 1 is 1.23 bits per heavy atom. The third-order valence-corrected chi connectivity index (χ3v) is 5.18. The number of carbonyl (C=O) groups is 1. The van der Waals surface area contributed by atoms with Crippen molar-refractivity contribution in [2.45, 2.75) is 59.4 Å². The number of rotatable bonds is 6. The van der Waals surface area contributed by atoms with E-state index in [1.54, 1.807) is 0 Å². The van der Waals surface area contributed by atoms with Gasteiger partial charge in [-0.25, -0.2) is 0 Å². The predicted molar refractivity (Wildman–Crippen MR) is 103 cm³/mol. The van der Waals surface area contributed by atoms with Gasteiger partial charge in [-0.15, -0.1) is 0 Å². The Balaban J connectivity index is 1.47. The lowest BCUT2D eigenvalue weighted by atomic mass is 9.93. The lowest BCUT2D eigenvalue weighted by Gasteiger charge is -2.33. The van der Waals surface area contributed by atoms with Gasteiger partial charge in [0.1, 0.15) is 0 Å². The molecule has 1 aliphatic heterocycles. The molecule has 1 atom stereocenters. The van der Waals surface area contributed by atoms with Gasteiger partial charge in [0.25, 0.3) is 0 Å². The van der Waals surface area contributed by atoms with Crippen LogP contribution < -0.4 is 0 Å². The SMILES string of the molecule is Cc1cccc(C[C@@H]2CCCN(C(=O)CCCn3nc(C)cc3C)C2)n1. The van der Waals surface area contributed by atoms with E-state index in [4.69, 9.17) is 0 Å². The second kappa shape index (κ2) is 8.47. The van der Waals surface area contributed by atoms with Gasteiger partial charge in [0.15, 0.2) is 0 Å². The Hall–Kier alpha value is -2.17. The van der Waals surface area contributed by atoms with Gasteiger partial charge >= 0.3 is 0 Å². The zero-order chi connectivity index (χ0) is 18.5. The predicted octanol–water partition coefficient (Wildman–Crippen LogP) is 3.46. The molecule has 0 N–H and O–H groups in total. The average Bonchev–Trinajstić information content (AvgIpc) is 2.92. The first-order chi connectivity index (χ1) is 12.5. The molecule has 3 heterocycles. The molecule has 0 aromatic carbocycles. The minimum absolute atomic E-state index is 0.286. The van der Waals surface area contributed by atoms with E-state index in [1.807, 2.05) is 24.6 Å². The third kappa shape index (κ3) is 4.93. The van der Waals surface area contributed by atoms with Crippen LogP contribution in [0.1, 0.15) is 48.5 Å². The number of pyridine rings is 1. The minimum atomic E-state index is 0.286. The summed E-state index contributed by atoms with van der Waals surface area (Å²) >= 11 is 0. The highest BCUT2D eigenvalue weighted by atomic mass is 16.2. The Morgan fingerprint density at radius 3 is 2.81 bits per heavy atom. The first kappa shape index (κ1) is 18.6. The number of likely N-dealkylation sites (tertiary alicyclic amines) is 1. The number of nitrogens with zero attached hydrogens (tertiary/aromatic N) is 4.